The molecule has 0 fully saturated rings. The summed E-state index contributed by atoms with van der Waals surface area (Å²) >= 11 is 1.21. The Balaban J connectivity index is 2.46. The Labute approximate surface area is 89.5 Å². The van der Waals surface area contributed by atoms with E-state index in [1.807, 2.05) is 0 Å². The fraction of sp³-hybridized carbons (Fsp3) is 0.429. The van der Waals surface area contributed by atoms with Crippen molar-refractivity contribution in [2.45, 2.75) is 19.9 Å². The van der Waals surface area contributed by atoms with E-state index in [1.165, 1.54) is 18.3 Å². The van der Waals surface area contributed by atoms with Crippen LogP contribution in [0.4, 0.5) is 9.93 Å². The van der Waals surface area contributed by atoms with Gasteiger partial charge in [-0.1, -0.05) is 11.3 Å². The first kappa shape index (κ1) is 11.4. The van der Waals surface area contributed by atoms with Crippen molar-refractivity contribution in [3.63, 3.8) is 0 Å². The fourth-order valence-corrected chi connectivity index (χ4v) is 1.33. The Kier molecular flexibility index (Phi) is 3.56. The Morgan fingerprint density at radius 1 is 1.47 bits per heavy atom. The minimum Gasteiger partial charge on any atom is -0.480 e. The van der Waals surface area contributed by atoms with Gasteiger partial charge in [0, 0.05) is 0 Å². The summed E-state index contributed by atoms with van der Waals surface area (Å²) in [7, 11) is 0. The number of urea groups is 1. The molecule has 0 aliphatic carbocycles. The van der Waals surface area contributed by atoms with Crippen molar-refractivity contribution in [3.8, 4) is 0 Å². The van der Waals surface area contributed by atoms with E-state index in [-0.39, 0.29) is 0 Å². The Bertz CT molecular complexity index is 378. The Morgan fingerprint density at radius 3 is 2.60 bits per heavy atom. The summed E-state index contributed by atoms with van der Waals surface area (Å²) in [6.07, 6.45) is 0. The lowest BCUT2D eigenvalue weighted by Gasteiger charge is -2.08. The van der Waals surface area contributed by atoms with Gasteiger partial charge in [-0.05, 0) is 13.8 Å². The first-order valence-corrected chi connectivity index (χ1v) is 4.91. The molecule has 3 N–H and O–H groups in total. The molecule has 1 aromatic rings. The summed E-state index contributed by atoms with van der Waals surface area (Å²) in [5.41, 5.74) is 0. The lowest BCUT2D eigenvalue weighted by atomic mass is 10.3. The van der Waals surface area contributed by atoms with Gasteiger partial charge in [-0.3, -0.25) is 10.1 Å². The molecular formula is C7H10N4O3S. The van der Waals surface area contributed by atoms with E-state index >= 15 is 0 Å². The lowest BCUT2D eigenvalue weighted by Crippen LogP contribution is -2.40. The van der Waals surface area contributed by atoms with Crippen molar-refractivity contribution in [2.24, 2.45) is 0 Å². The highest BCUT2D eigenvalue weighted by Gasteiger charge is 2.14. The first-order valence-electron chi connectivity index (χ1n) is 4.09. The second-order valence-corrected chi connectivity index (χ2v) is 3.97. The van der Waals surface area contributed by atoms with Gasteiger partial charge in [-0.25, -0.2) is 4.79 Å². The van der Waals surface area contributed by atoms with Crippen molar-refractivity contribution in [2.75, 3.05) is 5.32 Å². The third-order valence-corrected chi connectivity index (χ3v) is 2.22. The van der Waals surface area contributed by atoms with Crippen LogP contribution in [-0.4, -0.2) is 33.3 Å². The van der Waals surface area contributed by atoms with E-state index in [0.29, 0.717) is 5.13 Å². The topological polar surface area (TPSA) is 104 Å². The molecule has 0 aliphatic rings. The molecule has 0 saturated carbocycles. The van der Waals surface area contributed by atoms with Gasteiger partial charge in [-0.15, -0.1) is 10.2 Å². The number of hydrogen-bond acceptors (Lipinski definition) is 5. The number of carboxylic acids is 1. The molecule has 0 radical (unpaired) electrons. The zero-order chi connectivity index (χ0) is 11.4. The summed E-state index contributed by atoms with van der Waals surface area (Å²) < 4.78 is 0. The average Bonchev–Trinajstić information content (AvgIpc) is 2.50. The zero-order valence-electron chi connectivity index (χ0n) is 8.14. The minimum absolute atomic E-state index is 0.336. The molecule has 7 nitrogen and oxygen atoms in total. The number of aliphatic carboxylic acids is 1. The standard InChI is InChI=1S/C7H10N4O3S/c1-3(5(12)13)8-6(14)9-7-11-10-4(2)15-7/h3H,1-2H3,(H,12,13)(H2,8,9,11,14)/t3-/m1/s1. The third-order valence-electron chi connectivity index (χ3n) is 1.46. The molecule has 0 aromatic carbocycles. The van der Waals surface area contributed by atoms with Gasteiger partial charge in [-0.2, -0.15) is 0 Å². The number of carbonyl (C=O) groups is 2. The molecule has 0 unspecified atom stereocenters. The average molecular weight is 230 g/mol. The van der Waals surface area contributed by atoms with E-state index in [4.69, 9.17) is 5.11 Å². The maximum Gasteiger partial charge on any atom is 0.325 e. The third kappa shape index (κ3) is 3.50. The highest BCUT2D eigenvalue weighted by Crippen LogP contribution is 2.12. The van der Waals surface area contributed by atoms with Crippen LogP contribution in [0.3, 0.4) is 0 Å². The molecule has 82 valence electrons. The summed E-state index contributed by atoms with van der Waals surface area (Å²) in [6.45, 7) is 3.12. The molecule has 1 heterocycles. The van der Waals surface area contributed by atoms with Crippen LogP contribution < -0.4 is 10.6 Å². The molecule has 0 saturated heterocycles. The highest BCUT2D eigenvalue weighted by atomic mass is 32.1. The first-order chi connectivity index (χ1) is 6.99. The van der Waals surface area contributed by atoms with Gasteiger partial charge in [0.2, 0.25) is 5.13 Å². The smallest absolute Gasteiger partial charge is 0.325 e. The molecular weight excluding hydrogens is 220 g/mol. The van der Waals surface area contributed by atoms with E-state index in [0.717, 1.165) is 5.01 Å². The summed E-state index contributed by atoms with van der Waals surface area (Å²) in [4.78, 5) is 21.6. The van der Waals surface area contributed by atoms with Gasteiger partial charge in [0.1, 0.15) is 11.0 Å². The van der Waals surface area contributed by atoms with Crippen molar-refractivity contribution in [1.82, 2.24) is 15.5 Å². The number of carbonyl (C=O) groups excluding carboxylic acids is 1. The number of carboxylic acid groups (broad SMARTS) is 1. The minimum atomic E-state index is -1.10. The lowest BCUT2D eigenvalue weighted by molar-refractivity contribution is -0.138. The van der Waals surface area contributed by atoms with Crippen LogP contribution in [0.5, 0.6) is 0 Å². The molecule has 2 amide bonds. The van der Waals surface area contributed by atoms with Crippen LogP contribution in [0.1, 0.15) is 11.9 Å². The van der Waals surface area contributed by atoms with E-state index < -0.39 is 18.0 Å². The predicted molar refractivity (Wildman–Crippen MR) is 53.9 cm³/mol. The molecule has 1 aromatic heterocycles. The summed E-state index contributed by atoms with van der Waals surface area (Å²) in [5.74, 6) is -1.10. The van der Waals surface area contributed by atoms with E-state index in [9.17, 15) is 9.59 Å². The monoisotopic (exact) mass is 230 g/mol. The zero-order valence-corrected chi connectivity index (χ0v) is 8.96. The number of anilines is 1. The second-order valence-electron chi connectivity index (χ2n) is 2.78. The van der Waals surface area contributed by atoms with Crippen LogP contribution in [-0.2, 0) is 4.79 Å². The van der Waals surface area contributed by atoms with E-state index in [2.05, 4.69) is 20.8 Å². The number of aryl methyl sites for hydroxylation is 1. The molecule has 15 heavy (non-hydrogen) atoms. The number of nitrogens with zero attached hydrogens (tertiary/aromatic N) is 2. The SMILES string of the molecule is Cc1nnc(NC(=O)N[C@H](C)C(=O)O)s1. The molecule has 8 heteroatoms. The van der Waals surface area contributed by atoms with Gasteiger partial charge < -0.3 is 10.4 Å². The quantitative estimate of drug-likeness (QED) is 0.699. The molecule has 1 atom stereocenters. The molecule has 0 bridgehead atoms. The number of rotatable bonds is 3. The Hall–Kier alpha value is -1.70. The van der Waals surface area contributed by atoms with Crippen molar-refractivity contribution in [1.29, 1.82) is 0 Å². The van der Waals surface area contributed by atoms with Gasteiger partial charge in [0.15, 0.2) is 0 Å². The molecule has 0 aliphatic heterocycles. The largest absolute Gasteiger partial charge is 0.480 e. The second kappa shape index (κ2) is 4.69. The number of nitrogens with one attached hydrogen (secondary N) is 2. The number of hydrogen-bond donors (Lipinski definition) is 3. The van der Waals surface area contributed by atoms with Gasteiger partial charge in [0.05, 0.1) is 0 Å². The van der Waals surface area contributed by atoms with Gasteiger partial charge in [0.25, 0.3) is 0 Å². The van der Waals surface area contributed by atoms with Crippen LogP contribution in [0.15, 0.2) is 0 Å². The number of amides is 2. The summed E-state index contributed by atoms with van der Waals surface area (Å²) in [6, 6.07) is -1.56. The van der Waals surface area contributed by atoms with Crippen LogP contribution in [0, 0.1) is 6.92 Å². The van der Waals surface area contributed by atoms with Crippen LogP contribution >= 0.6 is 11.3 Å². The predicted octanol–water partition coefficient (Wildman–Crippen LogP) is 0.441. The van der Waals surface area contributed by atoms with Crippen molar-refractivity contribution in [3.05, 3.63) is 5.01 Å². The summed E-state index contributed by atoms with van der Waals surface area (Å²) in [5, 5.41) is 21.5. The van der Waals surface area contributed by atoms with Crippen LogP contribution in [0.25, 0.3) is 0 Å². The molecule has 0 spiro atoms. The number of aromatic nitrogens is 2. The van der Waals surface area contributed by atoms with Gasteiger partial charge >= 0.3 is 12.0 Å². The Morgan fingerprint density at radius 2 is 2.13 bits per heavy atom. The fourth-order valence-electron chi connectivity index (χ4n) is 0.739. The van der Waals surface area contributed by atoms with Crippen LogP contribution in [0.2, 0.25) is 0 Å². The maximum absolute atomic E-state index is 11.2. The molecule has 1 rings (SSSR count). The highest BCUT2D eigenvalue weighted by molar-refractivity contribution is 7.15. The maximum atomic E-state index is 11.2. The van der Waals surface area contributed by atoms with Crippen molar-refractivity contribution < 1.29 is 14.7 Å². The normalized spacial score (nSPS) is 11.9. The van der Waals surface area contributed by atoms with E-state index in [1.54, 1.807) is 6.92 Å². The van der Waals surface area contributed by atoms with Crippen molar-refractivity contribution >= 4 is 28.5 Å².